The van der Waals surface area contributed by atoms with Gasteiger partial charge in [-0.05, 0) is 126 Å². The minimum atomic E-state index is -0.572. The van der Waals surface area contributed by atoms with E-state index in [1.54, 1.807) is 0 Å². The van der Waals surface area contributed by atoms with Gasteiger partial charge < -0.3 is 0 Å². The van der Waals surface area contributed by atoms with Crippen molar-refractivity contribution in [3.05, 3.63) is 253 Å². The van der Waals surface area contributed by atoms with Crippen molar-refractivity contribution in [1.29, 1.82) is 0 Å². The van der Waals surface area contributed by atoms with Crippen LogP contribution in [0.1, 0.15) is 22.3 Å². The fraction of sp³-hybridized carbons (Fsp3) is 0.0164. The Morgan fingerprint density at radius 1 is 0.230 bits per heavy atom. The minimum absolute atomic E-state index is 0.572. The van der Waals surface area contributed by atoms with Gasteiger partial charge in [-0.25, -0.2) is 0 Å². The number of hydrogen-bond donors (Lipinski definition) is 0. The first-order valence-electron chi connectivity index (χ1n) is 21.4. The summed E-state index contributed by atoms with van der Waals surface area (Å²) >= 11 is 0. The number of hydrogen-bond acceptors (Lipinski definition) is 0. The van der Waals surface area contributed by atoms with Gasteiger partial charge in [-0.15, -0.1) is 0 Å². The van der Waals surface area contributed by atoms with E-state index < -0.39 is 5.41 Å². The predicted molar refractivity (Wildman–Crippen MR) is 260 cm³/mol. The molecule has 61 heavy (non-hydrogen) atoms. The van der Waals surface area contributed by atoms with E-state index in [0.717, 1.165) is 0 Å². The SMILES string of the molecule is c1ccc(C2(c3ccccc3)c3c(ccc4cc(-c5c6ccccc6c(-c6cccc7ccccc67)c6ccccc56)ccc34)-c3c2c2ccccc2c2ccccc32)cc1. The van der Waals surface area contributed by atoms with Crippen LogP contribution in [0.15, 0.2) is 231 Å². The lowest BCUT2D eigenvalue weighted by Crippen LogP contribution is -2.29. The van der Waals surface area contributed by atoms with Crippen LogP contribution in [0.4, 0.5) is 0 Å². The van der Waals surface area contributed by atoms with Crippen molar-refractivity contribution >= 4 is 64.6 Å². The molecule has 0 heteroatoms. The highest BCUT2D eigenvalue weighted by atomic mass is 14.5. The molecule has 0 unspecified atom stereocenters. The van der Waals surface area contributed by atoms with Gasteiger partial charge in [0.1, 0.15) is 0 Å². The highest BCUT2D eigenvalue weighted by Crippen LogP contribution is 2.62. The molecule has 12 aromatic rings. The van der Waals surface area contributed by atoms with E-state index in [0.29, 0.717) is 0 Å². The Kier molecular flexibility index (Phi) is 7.32. The average molecular weight is 771 g/mol. The van der Waals surface area contributed by atoms with Crippen molar-refractivity contribution in [1.82, 2.24) is 0 Å². The Hall–Kier alpha value is -7.80. The van der Waals surface area contributed by atoms with Gasteiger partial charge in [-0.3, -0.25) is 0 Å². The monoisotopic (exact) mass is 770 g/mol. The zero-order valence-electron chi connectivity index (χ0n) is 33.4. The predicted octanol–water partition coefficient (Wildman–Crippen LogP) is 16.3. The van der Waals surface area contributed by atoms with Gasteiger partial charge in [-0.2, -0.15) is 0 Å². The van der Waals surface area contributed by atoms with Crippen LogP contribution in [0.3, 0.4) is 0 Å². The first-order valence-corrected chi connectivity index (χ1v) is 21.4. The summed E-state index contributed by atoms with van der Waals surface area (Å²) in [5.41, 5.74) is 12.4. The summed E-state index contributed by atoms with van der Waals surface area (Å²) in [5, 5.41) is 15.3. The first-order chi connectivity index (χ1) is 30.3. The van der Waals surface area contributed by atoms with E-state index in [9.17, 15) is 0 Å². The van der Waals surface area contributed by atoms with Crippen molar-refractivity contribution in [3.63, 3.8) is 0 Å². The van der Waals surface area contributed by atoms with Gasteiger partial charge in [0, 0.05) is 0 Å². The minimum Gasteiger partial charge on any atom is -0.0622 e. The summed E-state index contributed by atoms with van der Waals surface area (Å²) in [7, 11) is 0. The molecule has 0 saturated carbocycles. The lowest BCUT2D eigenvalue weighted by Gasteiger charge is -2.35. The molecule has 0 heterocycles. The normalized spacial score (nSPS) is 13.0. The molecule has 0 spiro atoms. The summed E-state index contributed by atoms with van der Waals surface area (Å²) in [5.74, 6) is 0. The summed E-state index contributed by atoms with van der Waals surface area (Å²) in [6, 6.07) is 86.2. The van der Waals surface area contributed by atoms with Gasteiger partial charge in [0.15, 0.2) is 0 Å². The Bertz CT molecular complexity index is 3640. The Labute approximate surface area is 354 Å². The molecule has 0 aromatic heterocycles. The molecule has 0 saturated heterocycles. The second-order valence-electron chi connectivity index (χ2n) is 16.6. The van der Waals surface area contributed by atoms with E-state index >= 15 is 0 Å². The number of fused-ring (bicyclic) bond motifs is 13. The van der Waals surface area contributed by atoms with Crippen molar-refractivity contribution in [3.8, 4) is 33.4 Å². The molecule has 0 N–H and O–H groups in total. The van der Waals surface area contributed by atoms with Crippen LogP contribution in [0.2, 0.25) is 0 Å². The molecule has 1 aliphatic rings. The second-order valence-corrected chi connectivity index (χ2v) is 16.6. The zero-order chi connectivity index (χ0) is 40.1. The van der Waals surface area contributed by atoms with E-state index in [2.05, 4.69) is 231 Å². The molecule has 0 bridgehead atoms. The molecule has 13 rings (SSSR count). The maximum Gasteiger partial charge on any atom is 0.0725 e. The highest BCUT2D eigenvalue weighted by molar-refractivity contribution is 6.25. The van der Waals surface area contributed by atoms with Crippen LogP contribution >= 0.6 is 0 Å². The standard InChI is InChI=1S/C61H38/c1-3-20-42(21-4-1)61(43-22-5-2-6-23-43)59-45-36-35-41(38-40(45)34-37-55(59)58-49-27-11-9-25-46(49)47-26-10-16-32-54(47)60(58)61)56-50-28-12-14-30-52(50)57(53-31-15-13-29-51(53)56)48-33-17-19-39-18-7-8-24-44(39)48/h1-38H. The molecular weight excluding hydrogens is 733 g/mol. The molecule has 1 aliphatic carbocycles. The molecular formula is C61H38. The van der Waals surface area contributed by atoms with Gasteiger partial charge >= 0.3 is 0 Å². The van der Waals surface area contributed by atoms with Crippen LogP contribution in [0.25, 0.3) is 98.0 Å². The fourth-order valence-corrected chi connectivity index (χ4v) is 11.3. The number of rotatable bonds is 4. The smallest absolute Gasteiger partial charge is 0.0622 e. The summed E-state index contributed by atoms with van der Waals surface area (Å²) in [6.07, 6.45) is 0. The molecule has 0 atom stereocenters. The van der Waals surface area contributed by atoms with Gasteiger partial charge in [0.2, 0.25) is 0 Å². The van der Waals surface area contributed by atoms with Crippen LogP contribution in [-0.2, 0) is 5.41 Å². The van der Waals surface area contributed by atoms with E-state index in [4.69, 9.17) is 0 Å². The van der Waals surface area contributed by atoms with Crippen LogP contribution in [0, 0.1) is 0 Å². The van der Waals surface area contributed by atoms with Gasteiger partial charge in [0.25, 0.3) is 0 Å². The Balaban J connectivity index is 1.14. The van der Waals surface area contributed by atoms with Crippen LogP contribution in [0.5, 0.6) is 0 Å². The van der Waals surface area contributed by atoms with Crippen molar-refractivity contribution in [2.45, 2.75) is 5.41 Å². The molecule has 0 aliphatic heterocycles. The lowest BCUT2D eigenvalue weighted by molar-refractivity contribution is 0.783. The van der Waals surface area contributed by atoms with E-state index in [1.165, 1.54) is 120 Å². The fourth-order valence-electron chi connectivity index (χ4n) is 11.3. The molecule has 0 amide bonds. The van der Waals surface area contributed by atoms with Crippen molar-refractivity contribution < 1.29 is 0 Å². The van der Waals surface area contributed by atoms with Gasteiger partial charge in [0.05, 0.1) is 5.41 Å². The lowest BCUT2D eigenvalue weighted by atomic mass is 9.65. The first kappa shape index (κ1) is 34.1. The largest absolute Gasteiger partial charge is 0.0725 e. The maximum absolute atomic E-state index is 2.46. The average Bonchev–Trinajstić information content (AvgIpc) is 3.66. The molecule has 0 fully saturated rings. The molecule has 0 radical (unpaired) electrons. The number of benzene rings is 12. The quantitative estimate of drug-likeness (QED) is 0.123. The Morgan fingerprint density at radius 3 is 1.33 bits per heavy atom. The van der Waals surface area contributed by atoms with Crippen LogP contribution in [-0.4, -0.2) is 0 Å². The Morgan fingerprint density at radius 2 is 0.705 bits per heavy atom. The van der Waals surface area contributed by atoms with Gasteiger partial charge in [-0.1, -0.05) is 224 Å². The summed E-state index contributed by atoms with van der Waals surface area (Å²) in [6.45, 7) is 0. The van der Waals surface area contributed by atoms with E-state index in [-0.39, 0.29) is 0 Å². The third-order valence-corrected chi connectivity index (χ3v) is 13.7. The molecule has 282 valence electrons. The van der Waals surface area contributed by atoms with Crippen molar-refractivity contribution in [2.75, 3.05) is 0 Å². The highest BCUT2D eigenvalue weighted by Gasteiger charge is 2.49. The topological polar surface area (TPSA) is 0 Å². The zero-order valence-corrected chi connectivity index (χ0v) is 33.4. The van der Waals surface area contributed by atoms with Crippen molar-refractivity contribution in [2.24, 2.45) is 0 Å². The van der Waals surface area contributed by atoms with Crippen LogP contribution < -0.4 is 0 Å². The third kappa shape index (κ3) is 4.71. The molecule has 0 nitrogen and oxygen atoms in total. The summed E-state index contributed by atoms with van der Waals surface area (Å²) in [4.78, 5) is 0. The summed E-state index contributed by atoms with van der Waals surface area (Å²) < 4.78 is 0. The second kappa shape index (κ2) is 13.1. The van der Waals surface area contributed by atoms with E-state index in [1.807, 2.05) is 0 Å². The third-order valence-electron chi connectivity index (χ3n) is 13.7. The maximum atomic E-state index is 2.46. The molecule has 12 aromatic carbocycles.